The predicted molar refractivity (Wildman–Crippen MR) is 82.3 cm³/mol. The summed E-state index contributed by atoms with van der Waals surface area (Å²) in [6.07, 6.45) is 0.705. The highest BCUT2D eigenvalue weighted by molar-refractivity contribution is 5.93. The van der Waals surface area contributed by atoms with Crippen LogP contribution in [-0.4, -0.2) is 35.0 Å². The van der Waals surface area contributed by atoms with E-state index in [0.29, 0.717) is 24.5 Å². The number of rotatable bonds is 6. The standard InChI is InChI=1S/C16H19N3O3/c1-12-10-15(18-22-12)17-16(21)11-19(13(2)20)9-8-14-6-4-3-5-7-14/h3-7,10H,8-9,11H2,1-2H3,(H,17,18,21). The minimum atomic E-state index is -0.295. The summed E-state index contributed by atoms with van der Waals surface area (Å²) in [6, 6.07) is 11.5. The second kappa shape index (κ2) is 7.40. The van der Waals surface area contributed by atoms with Gasteiger partial charge in [-0.25, -0.2) is 0 Å². The second-order valence-corrected chi connectivity index (χ2v) is 5.05. The number of hydrogen-bond acceptors (Lipinski definition) is 4. The third-order valence-electron chi connectivity index (χ3n) is 3.19. The SMILES string of the molecule is CC(=O)N(CCc1ccccc1)CC(=O)Nc1cc(C)on1. The summed E-state index contributed by atoms with van der Waals surface area (Å²) in [4.78, 5) is 25.1. The fourth-order valence-electron chi connectivity index (χ4n) is 2.04. The molecule has 1 aromatic heterocycles. The molecule has 1 heterocycles. The minimum Gasteiger partial charge on any atom is -0.360 e. The van der Waals surface area contributed by atoms with Gasteiger partial charge in [-0.3, -0.25) is 9.59 Å². The summed E-state index contributed by atoms with van der Waals surface area (Å²) in [7, 11) is 0. The molecule has 6 nitrogen and oxygen atoms in total. The lowest BCUT2D eigenvalue weighted by atomic mass is 10.1. The number of nitrogens with one attached hydrogen (secondary N) is 1. The van der Waals surface area contributed by atoms with E-state index in [1.165, 1.54) is 11.8 Å². The van der Waals surface area contributed by atoms with Gasteiger partial charge in [0.1, 0.15) is 5.76 Å². The molecule has 6 heteroatoms. The van der Waals surface area contributed by atoms with Crippen LogP contribution >= 0.6 is 0 Å². The molecule has 0 unspecified atom stereocenters. The molecule has 2 aromatic rings. The first kappa shape index (κ1) is 15.8. The van der Waals surface area contributed by atoms with Gasteiger partial charge in [-0.05, 0) is 18.9 Å². The lowest BCUT2D eigenvalue weighted by Crippen LogP contribution is -2.38. The van der Waals surface area contributed by atoms with Gasteiger partial charge >= 0.3 is 0 Å². The Morgan fingerprint density at radius 3 is 2.59 bits per heavy atom. The zero-order valence-electron chi connectivity index (χ0n) is 12.7. The average Bonchev–Trinajstić information content (AvgIpc) is 2.89. The Labute approximate surface area is 129 Å². The highest BCUT2D eigenvalue weighted by atomic mass is 16.5. The molecule has 0 saturated carbocycles. The molecule has 0 radical (unpaired) electrons. The maximum absolute atomic E-state index is 12.0. The molecule has 1 N–H and O–H groups in total. The van der Waals surface area contributed by atoms with Crippen molar-refractivity contribution in [3.8, 4) is 0 Å². The Balaban J connectivity index is 1.88. The normalized spacial score (nSPS) is 10.3. The van der Waals surface area contributed by atoms with Crippen LogP contribution in [0.5, 0.6) is 0 Å². The summed E-state index contributed by atoms with van der Waals surface area (Å²) in [5, 5.41) is 6.30. The molecule has 2 rings (SSSR count). The Hall–Kier alpha value is -2.63. The van der Waals surface area contributed by atoms with Crippen molar-refractivity contribution in [3.63, 3.8) is 0 Å². The average molecular weight is 301 g/mol. The lowest BCUT2D eigenvalue weighted by Gasteiger charge is -2.20. The number of hydrogen-bond donors (Lipinski definition) is 1. The molecule has 0 aliphatic carbocycles. The van der Waals surface area contributed by atoms with Crippen LogP contribution in [0.3, 0.4) is 0 Å². The van der Waals surface area contributed by atoms with Crippen molar-refractivity contribution in [2.75, 3.05) is 18.4 Å². The highest BCUT2D eigenvalue weighted by Gasteiger charge is 2.14. The summed E-state index contributed by atoms with van der Waals surface area (Å²) in [6.45, 7) is 3.68. The fourth-order valence-corrected chi connectivity index (χ4v) is 2.04. The number of carbonyl (C=O) groups is 2. The summed E-state index contributed by atoms with van der Waals surface area (Å²) in [5.41, 5.74) is 1.13. The Bertz CT molecular complexity index is 637. The molecule has 0 aliphatic rings. The van der Waals surface area contributed by atoms with E-state index in [-0.39, 0.29) is 18.4 Å². The zero-order valence-corrected chi connectivity index (χ0v) is 12.7. The summed E-state index contributed by atoms with van der Waals surface area (Å²) < 4.78 is 4.88. The molecule has 1 aromatic carbocycles. The van der Waals surface area contributed by atoms with Gasteiger partial charge in [0.2, 0.25) is 11.8 Å². The highest BCUT2D eigenvalue weighted by Crippen LogP contribution is 2.07. The molecule has 22 heavy (non-hydrogen) atoms. The van der Waals surface area contributed by atoms with E-state index >= 15 is 0 Å². The quantitative estimate of drug-likeness (QED) is 0.885. The molecular formula is C16H19N3O3. The van der Waals surface area contributed by atoms with E-state index in [1.807, 2.05) is 30.3 Å². The molecule has 0 fully saturated rings. The Kier molecular flexibility index (Phi) is 5.30. The van der Waals surface area contributed by atoms with Gasteiger partial charge in [0.15, 0.2) is 5.82 Å². The van der Waals surface area contributed by atoms with Gasteiger partial charge in [-0.1, -0.05) is 35.5 Å². The molecule has 0 aliphatic heterocycles. The van der Waals surface area contributed by atoms with Gasteiger partial charge < -0.3 is 14.7 Å². The van der Waals surface area contributed by atoms with Crippen LogP contribution in [0.2, 0.25) is 0 Å². The van der Waals surface area contributed by atoms with Crippen molar-refractivity contribution in [1.82, 2.24) is 10.1 Å². The van der Waals surface area contributed by atoms with Gasteiger partial charge in [0.05, 0.1) is 6.54 Å². The molecule has 2 amide bonds. The minimum absolute atomic E-state index is 0.00588. The van der Waals surface area contributed by atoms with Crippen LogP contribution in [0.15, 0.2) is 40.9 Å². The monoisotopic (exact) mass is 301 g/mol. The first-order valence-electron chi connectivity index (χ1n) is 7.07. The number of aromatic nitrogens is 1. The molecule has 0 saturated heterocycles. The number of benzene rings is 1. The van der Waals surface area contributed by atoms with Gasteiger partial charge in [-0.15, -0.1) is 0 Å². The van der Waals surface area contributed by atoms with E-state index in [2.05, 4.69) is 10.5 Å². The van der Waals surface area contributed by atoms with Crippen LogP contribution in [0.4, 0.5) is 5.82 Å². The van der Waals surface area contributed by atoms with Crippen molar-refractivity contribution < 1.29 is 14.1 Å². The van der Waals surface area contributed by atoms with E-state index in [9.17, 15) is 9.59 Å². The van der Waals surface area contributed by atoms with Crippen molar-refractivity contribution in [2.45, 2.75) is 20.3 Å². The third kappa shape index (κ3) is 4.73. The van der Waals surface area contributed by atoms with E-state index in [1.54, 1.807) is 13.0 Å². The second-order valence-electron chi connectivity index (χ2n) is 5.05. The largest absolute Gasteiger partial charge is 0.360 e. The summed E-state index contributed by atoms with van der Waals surface area (Å²) >= 11 is 0. The van der Waals surface area contributed by atoms with Gasteiger partial charge in [0, 0.05) is 19.5 Å². The molecule has 0 atom stereocenters. The number of amides is 2. The van der Waals surface area contributed by atoms with E-state index < -0.39 is 0 Å². The van der Waals surface area contributed by atoms with Crippen molar-refractivity contribution in [1.29, 1.82) is 0 Å². The first-order valence-corrected chi connectivity index (χ1v) is 7.07. The van der Waals surface area contributed by atoms with Gasteiger partial charge in [-0.2, -0.15) is 0 Å². The molecule has 0 bridgehead atoms. The summed E-state index contributed by atoms with van der Waals surface area (Å²) in [5.74, 6) is 0.538. The maximum atomic E-state index is 12.0. The Morgan fingerprint density at radius 2 is 2.00 bits per heavy atom. The predicted octanol–water partition coefficient (Wildman–Crippen LogP) is 2.01. The van der Waals surface area contributed by atoms with Crippen molar-refractivity contribution in [2.24, 2.45) is 0 Å². The smallest absolute Gasteiger partial charge is 0.245 e. The van der Waals surface area contributed by atoms with E-state index in [4.69, 9.17) is 4.52 Å². The van der Waals surface area contributed by atoms with Crippen molar-refractivity contribution >= 4 is 17.6 Å². The fraction of sp³-hybridized carbons (Fsp3) is 0.312. The number of anilines is 1. The number of carbonyl (C=O) groups excluding carboxylic acids is 2. The lowest BCUT2D eigenvalue weighted by molar-refractivity contribution is -0.132. The molecule has 116 valence electrons. The first-order chi connectivity index (χ1) is 10.5. The zero-order chi connectivity index (χ0) is 15.9. The number of nitrogens with zero attached hydrogens (tertiary/aromatic N) is 2. The van der Waals surface area contributed by atoms with Crippen LogP contribution in [0.25, 0.3) is 0 Å². The van der Waals surface area contributed by atoms with Crippen LogP contribution < -0.4 is 5.32 Å². The molecule has 0 spiro atoms. The topological polar surface area (TPSA) is 75.4 Å². The van der Waals surface area contributed by atoms with Crippen LogP contribution in [-0.2, 0) is 16.0 Å². The Morgan fingerprint density at radius 1 is 1.27 bits per heavy atom. The van der Waals surface area contributed by atoms with Crippen molar-refractivity contribution in [3.05, 3.63) is 47.7 Å². The van der Waals surface area contributed by atoms with E-state index in [0.717, 1.165) is 5.56 Å². The number of aryl methyl sites for hydroxylation is 1. The molecular weight excluding hydrogens is 282 g/mol. The van der Waals surface area contributed by atoms with Gasteiger partial charge in [0.25, 0.3) is 0 Å². The third-order valence-corrected chi connectivity index (χ3v) is 3.19. The van der Waals surface area contributed by atoms with Crippen LogP contribution in [0.1, 0.15) is 18.2 Å². The van der Waals surface area contributed by atoms with Crippen LogP contribution in [0, 0.1) is 6.92 Å². The maximum Gasteiger partial charge on any atom is 0.245 e.